The van der Waals surface area contributed by atoms with Crippen LogP contribution in [0.4, 0.5) is 8.78 Å². The standard InChI is InChI=1S/C14H19F2NO3S/c1-4-14(15,16)13(19)17(2)9-5-6-10-7-8-11(21-10)12(18)20-3/h7-8H,4-6,9H2,1-3H3. The number of methoxy groups -OCH3 is 1. The van der Waals surface area contributed by atoms with Crippen LogP contribution in [0, 0.1) is 0 Å². The quantitative estimate of drug-likeness (QED) is 0.726. The summed E-state index contributed by atoms with van der Waals surface area (Å²) >= 11 is 1.31. The molecule has 1 aromatic heterocycles. The van der Waals surface area contributed by atoms with Gasteiger partial charge in [-0.2, -0.15) is 8.78 Å². The summed E-state index contributed by atoms with van der Waals surface area (Å²) in [5.74, 6) is -4.83. The van der Waals surface area contributed by atoms with Crippen LogP contribution < -0.4 is 0 Å². The normalized spacial score (nSPS) is 11.3. The topological polar surface area (TPSA) is 46.6 Å². The molecule has 0 fully saturated rings. The number of nitrogens with zero attached hydrogens (tertiary/aromatic N) is 1. The van der Waals surface area contributed by atoms with E-state index in [0.29, 0.717) is 17.7 Å². The molecule has 0 spiro atoms. The fourth-order valence-electron chi connectivity index (χ4n) is 1.75. The molecule has 0 aliphatic rings. The van der Waals surface area contributed by atoms with Crippen molar-refractivity contribution < 1.29 is 23.1 Å². The molecule has 0 unspecified atom stereocenters. The van der Waals surface area contributed by atoms with Gasteiger partial charge in [0.05, 0.1) is 7.11 Å². The van der Waals surface area contributed by atoms with E-state index in [9.17, 15) is 18.4 Å². The van der Waals surface area contributed by atoms with Gasteiger partial charge in [0, 0.05) is 24.9 Å². The van der Waals surface area contributed by atoms with Crippen molar-refractivity contribution in [1.82, 2.24) is 4.90 Å². The molecule has 1 aromatic rings. The van der Waals surface area contributed by atoms with Crippen molar-refractivity contribution in [2.24, 2.45) is 0 Å². The second-order valence-corrected chi connectivity index (χ2v) is 5.81. The van der Waals surface area contributed by atoms with Crippen molar-refractivity contribution >= 4 is 23.2 Å². The lowest BCUT2D eigenvalue weighted by atomic mass is 10.2. The third-order valence-electron chi connectivity index (χ3n) is 3.07. The summed E-state index contributed by atoms with van der Waals surface area (Å²) in [5.41, 5.74) is 0. The smallest absolute Gasteiger partial charge is 0.348 e. The van der Waals surface area contributed by atoms with E-state index in [1.807, 2.05) is 0 Å². The monoisotopic (exact) mass is 319 g/mol. The molecule has 0 aromatic carbocycles. The van der Waals surface area contributed by atoms with Crippen LogP contribution in [0.15, 0.2) is 12.1 Å². The molecule has 4 nitrogen and oxygen atoms in total. The van der Waals surface area contributed by atoms with E-state index in [-0.39, 0.29) is 12.5 Å². The average molecular weight is 319 g/mol. The first-order valence-corrected chi connectivity index (χ1v) is 7.44. The molecule has 7 heteroatoms. The van der Waals surface area contributed by atoms with Crippen molar-refractivity contribution in [3.63, 3.8) is 0 Å². The van der Waals surface area contributed by atoms with Gasteiger partial charge in [-0.15, -0.1) is 11.3 Å². The van der Waals surface area contributed by atoms with E-state index in [0.717, 1.165) is 9.78 Å². The number of amides is 1. The highest BCUT2D eigenvalue weighted by atomic mass is 32.1. The average Bonchev–Trinajstić information content (AvgIpc) is 2.94. The van der Waals surface area contributed by atoms with Gasteiger partial charge in [-0.25, -0.2) is 4.79 Å². The Balaban J connectivity index is 2.45. The fourth-order valence-corrected chi connectivity index (χ4v) is 2.71. The fraction of sp³-hybridized carbons (Fsp3) is 0.571. The summed E-state index contributed by atoms with van der Waals surface area (Å²) in [6, 6.07) is 3.48. The molecule has 118 valence electrons. The van der Waals surface area contributed by atoms with E-state index in [1.165, 1.54) is 32.4 Å². The maximum absolute atomic E-state index is 13.2. The van der Waals surface area contributed by atoms with Gasteiger partial charge in [0.1, 0.15) is 4.88 Å². The van der Waals surface area contributed by atoms with Crippen LogP contribution in [0.3, 0.4) is 0 Å². The minimum atomic E-state index is -3.30. The number of thiophene rings is 1. The number of esters is 1. The molecule has 0 bridgehead atoms. The third kappa shape index (κ3) is 4.77. The zero-order valence-corrected chi connectivity index (χ0v) is 13.1. The molecule has 0 N–H and O–H groups in total. The number of halogens is 2. The molecule has 0 aliphatic heterocycles. The second kappa shape index (κ2) is 7.49. The molecule has 0 aliphatic carbocycles. The lowest BCUT2D eigenvalue weighted by Gasteiger charge is -2.22. The summed E-state index contributed by atoms with van der Waals surface area (Å²) in [7, 11) is 2.69. The number of carbonyl (C=O) groups is 2. The first-order chi connectivity index (χ1) is 9.81. The third-order valence-corrected chi connectivity index (χ3v) is 4.19. The van der Waals surface area contributed by atoms with Gasteiger partial charge < -0.3 is 9.64 Å². The highest BCUT2D eigenvalue weighted by molar-refractivity contribution is 7.13. The minimum Gasteiger partial charge on any atom is -0.465 e. The number of aryl methyl sites for hydroxylation is 1. The molecule has 0 radical (unpaired) electrons. The predicted octanol–water partition coefficient (Wildman–Crippen LogP) is 2.97. The van der Waals surface area contributed by atoms with Gasteiger partial charge in [0.25, 0.3) is 5.91 Å². The van der Waals surface area contributed by atoms with E-state index >= 15 is 0 Å². The predicted molar refractivity (Wildman–Crippen MR) is 76.9 cm³/mol. The Labute approximate surface area is 126 Å². The Morgan fingerprint density at radius 2 is 2.05 bits per heavy atom. The van der Waals surface area contributed by atoms with Crippen LogP contribution in [0.25, 0.3) is 0 Å². The van der Waals surface area contributed by atoms with Crippen molar-refractivity contribution in [3.05, 3.63) is 21.9 Å². The van der Waals surface area contributed by atoms with E-state index in [1.54, 1.807) is 12.1 Å². The molecule has 0 saturated carbocycles. The van der Waals surface area contributed by atoms with Gasteiger partial charge >= 0.3 is 11.9 Å². The molecule has 0 saturated heterocycles. The minimum absolute atomic E-state index is 0.250. The number of carbonyl (C=O) groups excluding carboxylic acids is 2. The van der Waals surface area contributed by atoms with Gasteiger partial charge in [0.15, 0.2) is 0 Å². The van der Waals surface area contributed by atoms with Gasteiger partial charge in [-0.1, -0.05) is 6.92 Å². The van der Waals surface area contributed by atoms with E-state index in [2.05, 4.69) is 4.74 Å². The second-order valence-electron chi connectivity index (χ2n) is 4.65. The van der Waals surface area contributed by atoms with Crippen LogP contribution in [-0.2, 0) is 16.0 Å². The first kappa shape index (κ1) is 17.6. The van der Waals surface area contributed by atoms with Crippen LogP contribution in [0.2, 0.25) is 0 Å². The zero-order valence-electron chi connectivity index (χ0n) is 12.3. The molecule has 0 atom stereocenters. The number of hydrogen-bond acceptors (Lipinski definition) is 4. The lowest BCUT2D eigenvalue weighted by molar-refractivity contribution is -0.156. The lowest BCUT2D eigenvalue weighted by Crippen LogP contribution is -2.41. The maximum atomic E-state index is 13.2. The van der Waals surface area contributed by atoms with Crippen molar-refractivity contribution in [2.75, 3.05) is 20.7 Å². The Morgan fingerprint density at radius 1 is 1.38 bits per heavy atom. The van der Waals surface area contributed by atoms with Crippen LogP contribution in [0.5, 0.6) is 0 Å². The Bertz CT molecular complexity index is 502. The Morgan fingerprint density at radius 3 is 2.62 bits per heavy atom. The SMILES string of the molecule is CCC(F)(F)C(=O)N(C)CCCc1ccc(C(=O)OC)s1. The van der Waals surface area contributed by atoms with E-state index < -0.39 is 18.3 Å². The molecular weight excluding hydrogens is 300 g/mol. The Hall–Kier alpha value is -1.50. The maximum Gasteiger partial charge on any atom is 0.348 e. The summed E-state index contributed by atoms with van der Waals surface area (Å²) in [6.07, 6.45) is 0.684. The molecule has 1 heterocycles. The molecule has 21 heavy (non-hydrogen) atoms. The van der Waals surface area contributed by atoms with Crippen LogP contribution in [0.1, 0.15) is 34.3 Å². The largest absolute Gasteiger partial charge is 0.465 e. The van der Waals surface area contributed by atoms with Gasteiger partial charge in [-0.3, -0.25) is 4.79 Å². The summed E-state index contributed by atoms with van der Waals surface area (Å²) in [5, 5.41) is 0. The van der Waals surface area contributed by atoms with Crippen molar-refractivity contribution in [1.29, 1.82) is 0 Å². The van der Waals surface area contributed by atoms with Gasteiger partial charge in [-0.05, 0) is 25.0 Å². The zero-order chi connectivity index (χ0) is 16.0. The van der Waals surface area contributed by atoms with Crippen molar-refractivity contribution in [2.45, 2.75) is 32.1 Å². The van der Waals surface area contributed by atoms with Gasteiger partial charge in [0.2, 0.25) is 0 Å². The Kier molecular flexibility index (Phi) is 6.26. The number of rotatable bonds is 7. The molecular formula is C14H19F2NO3S. The van der Waals surface area contributed by atoms with Crippen LogP contribution >= 0.6 is 11.3 Å². The molecule has 1 amide bonds. The summed E-state index contributed by atoms with van der Waals surface area (Å²) in [4.78, 5) is 25.3. The van der Waals surface area contributed by atoms with Crippen LogP contribution in [-0.4, -0.2) is 43.4 Å². The number of hydrogen-bond donors (Lipinski definition) is 0. The van der Waals surface area contributed by atoms with Crippen molar-refractivity contribution in [3.8, 4) is 0 Å². The highest BCUT2D eigenvalue weighted by Gasteiger charge is 2.38. The number of ether oxygens (including phenoxy) is 1. The molecule has 1 rings (SSSR count). The number of alkyl halides is 2. The summed E-state index contributed by atoms with van der Waals surface area (Å²) in [6.45, 7) is 1.53. The first-order valence-electron chi connectivity index (χ1n) is 6.62. The highest BCUT2D eigenvalue weighted by Crippen LogP contribution is 2.21. The van der Waals surface area contributed by atoms with E-state index in [4.69, 9.17) is 0 Å². The summed E-state index contributed by atoms with van der Waals surface area (Å²) < 4.78 is 31.1.